The lowest BCUT2D eigenvalue weighted by Crippen LogP contribution is -2.48. The first kappa shape index (κ1) is 22.3. The van der Waals surface area contributed by atoms with E-state index in [4.69, 9.17) is 21.7 Å². The Labute approximate surface area is 184 Å². The van der Waals surface area contributed by atoms with Gasteiger partial charge >= 0.3 is 0 Å². The molecule has 10 heteroatoms. The van der Waals surface area contributed by atoms with E-state index in [0.29, 0.717) is 39.0 Å². The molecule has 0 aromatic heterocycles. The zero-order valence-electron chi connectivity index (χ0n) is 14.8. The van der Waals surface area contributed by atoms with Gasteiger partial charge in [0.25, 0.3) is 11.8 Å². The van der Waals surface area contributed by atoms with Crippen molar-refractivity contribution in [3.63, 3.8) is 0 Å². The monoisotopic (exact) mass is 529 g/mol. The SMILES string of the molecule is COCCOc1ccc(C(=O)NC(=S)NNC(=O)c2ccccc2Br)cc1Br. The van der Waals surface area contributed by atoms with E-state index in [2.05, 4.69) is 48.0 Å². The van der Waals surface area contributed by atoms with Gasteiger partial charge in [0.15, 0.2) is 5.11 Å². The van der Waals surface area contributed by atoms with Crippen molar-refractivity contribution < 1.29 is 19.1 Å². The summed E-state index contributed by atoms with van der Waals surface area (Å²) < 4.78 is 11.7. The van der Waals surface area contributed by atoms with E-state index in [1.165, 1.54) is 0 Å². The van der Waals surface area contributed by atoms with E-state index in [-0.39, 0.29) is 5.11 Å². The van der Waals surface area contributed by atoms with Gasteiger partial charge < -0.3 is 9.47 Å². The highest BCUT2D eigenvalue weighted by Gasteiger charge is 2.13. The Balaban J connectivity index is 1.88. The fourth-order valence-corrected chi connectivity index (χ4v) is 3.13. The molecule has 0 fully saturated rings. The lowest BCUT2D eigenvalue weighted by molar-refractivity contribution is 0.0934. The molecule has 0 atom stereocenters. The Morgan fingerprint density at radius 3 is 2.43 bits per heavy atom. The van der Waals surface area contributed by atoms with Crippen LogP contribution in [0.25, 0.3) is 0 Å². The van der Waals surface area contributed by atoms with Gasteiger partial charge in [-0.15, -0.1) is 0 Å². The van der Waals surface area contributed by atoms with E-state index in [1.807, 2.05) is 0 Å². The number of carbonyl (C=O) groups excluding carboxylic acids is 2. The summed E-state index contributed by atoms with van der Waals surface area (Å²) in [4.78, 5) is 24.4. The van der Waals surface area contributed by atoms with Gasteiger partial charge in [-0.25, -0.2) is 0 Å². The van der Waals surface area contributed by atoms with Gasteiger partial charge in [0.05, 0.1) is 16.6 Å². The van der Waals surface area contributed by atoms with Crippen LogP contribution in [0.15, 0.2) is 51.4 Å². The Morgan fingerprint density at radius 2 is 1.75 bits per heavy atom. The zero-order valence-corrected chi connectivity index (χ0v) is 18.7. The smallest absolute Gasteiger partial charge is 0.270 e. The van der Waals surface area contributed by atoms with Crippen LogP contribution in [0.5, 0.6) is 5.75 Å². The first-order valence-corrected chi connectivity index (χ1v) is 9.99. The Morgan fingerprint density at radius 1 is 1.00 bits per heavy atom. The predicted octanol–water partition coefficient (Wildman–Crippen LogP) is 3.19. The molecule has 0 saturated heterocycles. The second-order valence-electron chi connectivity index (χ2n) is 5.33. The van der Waals surface area contributed by atoms with Crippen molar-refractivity contribution in [2.75, 3.05) is 20.3 Å². The van der Waals surface area contributed by atoms with Crippen LogP contribution < -0.4 is 20.9 Å². The molecule has 0 aliphatic rings. The minimum absolute atomic E-state index is 0.0399. The highest BCUT2D eigenvalue weighted by molar-refractivity contribution is 9.10. The molecule has 0 aliphatic heterocycles. The second-order valence-corrected chi connectivity index (χ2v) is 7.45. The van der Waals surface area contributed by atoms with Crippen LogP contribution in [0.1, 0.15) is 20.7 Å². The van der Waals surface area contributed by atoms with Gasteiger partial charge in [-0.2, -0.15) is 0 Å². The summed E-state index contributed by atoms with van der Waals surface area (Å²) >= 11 is 11.7. The maximum atomic E-state index is 12.3. The van der Waals surface area contributed by atoms with Crippen molar-refractivity contribution in [2.45, 2.75) is 0 Å². The number of nitrogens with one attached hydrogen (secondary N) is 3. The summed E-state index contributed by atoms with van der Waals surface area (Å²) in [6.07, 6.45) is 0. The number of benzene rings is 2. The number of rotatable bonds is 6. The number of hydrogen-bond donors (Lipinski definition) is 3. The number of carbonyl (C=O) groups is 2. The van der Waals surface area contributed by atoms with Gasteiger partial charge in [-0.3, -0.25) is 25.8 Å². The first-order valence-electron chi connectivity index (χ1n) is 8.00. The third-order valence-corrected chi connectivity index (χ3v) is 4.89. The highest BCUT2D eigenvalue weighted by atomic mass is 79.9. The first-order chi connectivity index (χ1) is 13.4. The van der Waals surface area contributed by atoms with Crippen molar-refractivity contribution in [1.29, 1.82) is 0 Å². The number of halogens is 2. The Hall–Kier alpha value is -2.01. The van der Waals surface area contributed by atoms with E-state index in [9.17, 15) is 9.59 Å². The Kier molecular flexibility index (Phi) is 8.84. The molecule has 7 nitrogen and oxygen atoms in total. The van der Waals surface area contributed by atoms with Crippen molar-refractivity contribution in [1.82, 2.24) is 16.2 Å². The Bertz CT molecular complexity index is 880. The van der Waals surface area contributed by atoms with Crippen molar-refractivity contribution >= 4 is 61.0 Å². The molecule has 0 spiro atoms. The standard InChI is InChI=1S/C18H17Br2N3O4S/c1-26-8-9-27-15-7-6-11(10-14(15)20)16(24)21-18(28)23-22-17(25)12-4-2-3-5-13(12)19/h2-7,10H,8-9H2,1H3,(H,22,25)(H2,21,23,24,28). The van der Waals surface area contributed by atoms with Crippen LogP contribution >= 0.6 is 44.1 Å². The molecule has 0 saturated carbocycles. The molecule has 2 amide bonds. The van der Waals surface area contributed by atoms with Crippen molar-refractivity contribution in [3.05, 3.63) is 62.5 Å². The fourth-order valence-electron chi connectivity index (χ4n) is 2.03. The number of amides is 2. The van der Waals surface area contributed by atoms with Crippen LogP contribution in [-0.4, -0.2) is 37.3 Å². The molecule has 2 aromatic rings. The van der Waals surface area contributed by atoms with Gasteiger partial charge in [0.1, 0.15) is 12.4 Å². The van der Waals surface area contributed by atoms with Gasteiger partial charge in [-0.1, -0.05) is 12.1 Å². The number of methoxy groups -OCH3 is 1. The molecule has 0 unspecified atom stereocenters. The molecule has 2 aromatic carbocycles. The largest absolute Gasteiger partial charge is 0.490 e. The summed E-state index contributed by atoms with van der Waals surface area (Å²) in [5.41, 5.74) is 5.72. The van der Waals surface area contributed by atoms with E-state index in [1.54, 1.807) is 49.6 Å². The summed E-state index contributed by atoms with van der Waals surface area (Å²) in [7, 11) is 1.59. The van der Waals surface area contributed by atoms with E-state index < -0.39 is 11.8 Å². The van der Waals surface area contributed by atoms with Crippen LogP contribution in [0.3, 0.4) is 0 Å². The van der Waals surface area contributed by atoms with Crippen molar-refractivity contribution in [3.8, 4) is 5.75 Å². The second kappa shape index (κ2) is 11.1. The average Bonchev–Trinajstić information content (AvgIpc) is 2.67. The number of hydrogen-bond acceptors (Lipinski definition) is 5. The molecule has 148 valence electrons. The number of ether oxygens (including phenoxy) is 2. The summed E-state index contributed by atoms with van der Waals surface area (Å²) in [5, 5.41) is 2.45. The maximum Gasteiger partial charge on any atom is 0.270 e. The number of thiocarbonyl (C=S) groups is 1. The predicted molar refractivity (Wildman–Crippen MR) is 116 cm³/mol. The normalized spacial score (nSPS) is 10.1. The molecule has 0 bridgehead atoms. The molecular weight excluding hydrogens is 514 g/mol. The van der Waals surface area contributed by atoms with E-state index >= 15 is 0 Å². The molecule has 3 N–H and O–H groups in total. The summed E-state index contributed by atoms with van der Waals surface area (Å²) in [6.45, 7) is 0.853. The lowest BCUT2D eigenvalue weighted by Gasteiger charge is -2.12. The van der Waals surface area contributed by atoms with Gasteiger partial charge in [-0.05, 0) is 74.4 Å². The third-order valence-electron chi connectivity index (χ3n) is 3.37. The maximum absolute atomic E-state index is 12.3. The zero-order chi connectivity index (χ0) is 20.5. The quantitative estimate of drug-likeness (QED) is 0.302. The molecule has 2 rings (SSSR count). The van der Waals surface area contributed by atoms with Crippen LogP contribution in [0, 0.1) is 0 Å². The molecular formula is C18H17Br2N3O4S. The average molecular weight is 531 g/mol. The minimum atomic E-state index is -0.434. The third kappa shape index (κ3) is 6.55. The van der Waals surface area contributed by atoms with Crippen molar-refractivity contribution in [2.24, 2.45) is 0 Å². The highest BCUT2D eigenvalue weighted by Crippen LogP contribution is 2.26. The van der Waals surface area contributed by atoms with Crippen LogP contribution in [-0.2, 0) is 4.74 Å². The molecule has 0 aliphatic carbocycles. The van der Waals surface area contributed by atoms with Crippen LogP contribution in [0.2, 0.25) is 0 Å². The van der Waals surface area contributed by atoms with Gasteiger partial charge in [0.2, 0.25) is 0 Å². The summed E-state index contributed by atoms with van der Waals surface area (Å²) in [6, 6.07) is 11.8. The topological polar surface area (TPSA) is 88.7 Å². The fraction of sp³-hybridized carbons (Fsp3) is 0.167. The van der Waals surface area contributed by atoms with Gasteiger partial charge in [0, 0.05) is 17.1 Å². The van der Waals surface area contributed by atoms with Crippen LogP contribution in [0.4, 0.5) is 0 Å². The molecule has 0 radical (unpaired) electrons. The summed E-state index contributed by atoms with van der Waals surface area (Å²) in [5.74, 6) is -0.240. The lowest BCUT2D eigenvalue weighted by atomic mass is 10.2. The van der Waals surface area contributed by atoms with E-state index in [0.717, 1.165) is 0 Å². The minimum Gasteiger partial charge on any atom is -0.490 e. The molecule has 28 heavy (non-hydrogen) atoms. The number of hydrazine groups is 1. The molecule has 0 heterocycles.